The smallest absolute Gasteiger partial charge is 0.0467 e. The van der Waals surface area contributed by atoms with Crippen LogP contribution in [0, 0.1) is 11.8 Å². The summed E-state index contributed by atoms with van der Waals surface area (Å²) in [5, 5.41) is 0. The van der Waals surface area contributed by atoms with Crippen LogP contribution in [0.15, 0.2) is 133 Å². The Morgan fingerprint density at radius 3 is 2.08 bits per heavy atom. The number of anilines is 2. The van der Waals surface area contributed by atoms with Crippen LogP contribution in [-0.2, 0) is 0 Å². The molecule has 0 radical (unpaired) electrons. The molecule has 2 atom stereocenters. The van der Waals surface area contributed by atoms with Gasteiger partial charge in [-0.3, -0.25) is 0 Å². The van der Waals surface area contributed by atoms with Gasteiger partial charge in [-0.05, 0) is 103 Å². The summed E-state index contributed by atoms with van der Waals surface area (Å²) in [5.74, 6) is 1.07. The van der Waals surface area contributed by atoms with Crippen LogP contribution < -0.4 is 4.90 Å². The summed E-state index contributed by atoms with van der Waals surface area (Å²) in [6, 6.07) is 18.3. The van der Waals surface area contributed by atoms with Crippen molar-refractivity contribution in [3.05, 3.63) is 144 Å². The lowest BCUT2D eigenvalue weighted by Gasteiger charge is -2.32. The highest BCUT2D eigenvalue weighted by molar-refractivity contribution is 5.78. The van der Waals surface area contributed by atoms with Crippen LogP contribution >= 0.6 is 0 Å². The van der Waals surface area contributed by atoms with Crippen molar-refractivity contribution in [3.63, 3.8) is 0 Å². The average molecular weight is 482 g/mol. The molecule has 0 saturated carbocycles. The Balaban J connectivity index is 1.39. The molecule has 0 spiro atoms. The number of allylic oxidation sites excluding steroid dienone is 15. The molecule has 4 aliphatic carbocycles. The Hall–Kier alpha value is -3.84. The van der Waals surface area contributed by atoms with Gasteiger partial charge in [-0.1, -0.05) is 97.2 Å². The van der Waals surface area contributed by atoms with Gasteiger partial charge >= 0.3 is 0 Å². The number of rotatable bonds is 6. The van der Waals surface area contributed by atoms with E-state index in [1.807, 2.05) is 0 Å². The van der Waals surface area contributed by atoms with E-state index in [1.54, 1.807) is 0 Å². The molecule has 0 aromatic heterocycles. The summed E-state index contributed by atoms with van der Waals surface area (Å²) in [5.41, 5.74) is 9.18. The zero-order valence-electron chi connectivity index (χ0n) is 21.5. The highest BCUT2D eigenvalue weighted by atomic mass is 15.1. The molecule has 0 heterocycles. The quantitative estimate of drug-likeness (QED) is 0.397. The molecule has 0 saturated heterocycles. The van der Waals surface area contributed by atoms with E-state index in [-0.39, 0.29) is 0 Å². The molecule has 0 N–H and O–H groups in total. The first-order valence-corrected chi connectivity index (χ1v) is 13.8. The van der Waals surface area contributed by atoms with E-state index in [2.05, 4.69) is 132 Å². The maximum Gasteiger partial charge on any atom is 0.0467 e. The van der Waals surface area contributed by atoms with Gasteiger partial charge < -0.3 is 4.90 Å². The first kappa shape index (κ1) is 23.6. The summed E-state index contributed by atoms with van der Waals surface area (Å²) in [6.07, 6.45) is 36.3. The van der Waals surface area contributed by atoms with Gasteiger partial charge in [0.25, 0.3) is 0 Å². The molecule has 0 unspecified atom stereocenters. The normalized spacial score (nSPS) is 22.4. The van der Waals surface area contributed by atoms with E-state index in [4.69, 9.17) is 0 Å². The van der Waals surface area contributed by atoms with Crippen molar-refractivity contribution < 1.29 is 0 Å². The summed E-state index contributed by atoms with van der Waals surface area (Å²) in [6.45, 7) is 0. The van der Waals surface area contributed by atoms with Crippen LogP contribution in [0.4, 0.5) is 11.4 Å². The summed E-state index contributed by atoms with van der Waals surface area (Å²) in [7, 11) is 0. The lowest BCUT2D eigenvalue weighted by atomic mass is 9.82. The third kappa shape index (κ3) is 5.32. The van der Waals surface area contributed by atoms with Crippen molar-refractivity contribution in [3.8, 4) is 0 Å². The number of hydrogen-bond donors (Lipinski definition) is 0. The van der Waals surface area contributed by atoms with Crippen molar-refractivity contribution in [2.24, 2.45) is 11.8 Å². The molecule has 184 valence electrons. The second-order valence-electron chi connectivity index (χ2n) is 10.4. The molecule has 0 fully saturated rings. The van der Waals surface area contributed by atoms with Crippen LogP contribution in [0.5, 0.6) is 0 Å². The lowest BCUT2D eigenvalue weighted by molar-refractivity contribution is 0.475. The molecular weight excluding hydrogens is 446 g/mol. The Kier molecular flexibility index (Phi) is 7.03. The lowest BCUT2D eigenvalue weighted by Crippen LogP contribution is -2.21. The number of nitrogens with zero attached hydrogens (tertiary/aromatic N) is 1. The fraction of sp³-hybridized carbons (Fsp3) is 0.222. The van der Waals surface area contributed by atoms with E-state index in [0.29, 0.717) is 11.8 Å². The molecular formula is C36H35N. The monoisotopic (exact) mass is 481 g/mol. The van der Waals surface area contributed by atoms with Crippen LogP contribution in [0.2, 0.25) is 0 Å². The molecule has 0 aliphatic heterocycles. The van der Waals surface area contributed by atoms with E-state index in [9.17, 15) is 0 Å². The molecule has 0 amide bonds. The van der Waals surface area contributed by atoms with Crippen molar-refractivity contribution in [1.82, 2.24) is 0 Å². The summed E-state index contributed by atoms with van der Waals surface area (Å²) < 4.78 is 0. The van der Waals surface area contributed by atoms with Crippen molar-refractivity contribution in [2.45, 2.75) is 38.5 Å². The Labute approximate surface area is 221 Å². The predicted octanol–water partition coefficient (Wildman–Crippen LogP) is 9.88. The molecule has 37 heavy (non-hydrogen) atoms. The second kappa shape index (κ2) is 11.0. The van der Waals surface area contributed by atoms with Crippen LogP contribution in [0.25, 0.3) is 11.1 Å². The van der Waals surface area contributed by atoms with Gasteiger partial charge in [0.15, 0.2) is 0 Å². The molecule has 2 aromatic carbocycles. The van der Waals surface area contributed by atoms with E-state index >= 15 is 0 Å². The zero-order chi connectivity index (χ0) is 24.9. The van der Waals surface area contributed by atoms with E-state index in [1.165, 1.54) is 39.3 Å². The van der Waals surface area contributed by atoms with Gasteiger partial charge in [0, 0.05) is 17.1 Å². The molecule has 4 aliphatic rings. The minimum atomic E-state index is 0.511. The molecule has 6 rings (SSSR count). The van der Waals surface area contributed by atoms with Crippen LogP contribution in [-0.4, -0.2) is 0 Å². The number of benzene rings is 2. The van der Waals surface area contributed by atoms with E-state index < -0.39 is 0 Å². The van der Waals surface area contributed by atoms with Crippen LogP contribution in [0.1, 0.15) is 49.7 Å². The van der Waals surface area contributed by atoms with Gasteiger partial charge in [-0.15, -0.1) is 0 Å². The Morgan fingerprint density at radius 1 is 0.622 bits per heavy atom. The van der Waals surface area contributed by atoms with Gasteiger partial charge in [0.1, 0.15) is 0 Å². The maximum atomic E-state index is 2.51. The topological polar surface area (TPSA) is 3.24 Å². The van der Waals surface area contributed by atoms with E-state index in [0.717, 1.165) is 38.5 Å². The Bertz CT molecular complexity index is 1370. The predicted molar refractivity (Wildman–Crippen MR) is 159 cm³/mol. The highest BCUT2D eigenvalue weighted by Crippen LogP contribution is 2.38. The van der Waals surface area contributed by atoms with Gasteiger partial charge in [-0.25, -0.2) is 0 Å². The molecule has 1 heteroatoms. The SMILES string of the molecule is C1=CCCC(c2ccc(N(C3=C[C@H]([C@H]4C=CC=CC4)CC=C3)c3cccc(C4=CC=CCC4)c3)cc2)=C1. The summed E-state index contributed by atoms with van der Waals surface area (Å²) >= 11 is 0. The third-order valence-corrected chi connectivity index (χ3v) is 7.90. The van der Waals surface area contributed by atoms with Crippen molar-refractivity contribution in [2.75, 3.05) is 4.90 Å². The molecule has 1 nitrogen and oxygen atoms in total. The van der Waals surface area contributed by atoms with Gasteiger partial charge in [0.05, 0.1) is 0 Å². The van der Waals surface area contributed by atoms with Crippen molar-refractivity contribution >= 4 is 22.5 Å². The largest absolute Gasteiger partial charge is 0.311 e. The summed E-state index contributed by atoms with van der Waals surface area (Å²) in [4.78, 5) is 2.45. The standard InChI is InChI=1S/C36H35N/c1-4-12-28(13-5-1)31-22-24-34(25-23-31)37(35-20-10-18-32(26-35)29-14-6-2-7-15-29)36-21-11-19-33(27-36)30-16-8-3-9-17-30/h1-4,6-8,10-12,14,16,19-27,29,32H,5,9,13,15,17-18H2/t29-,32+/m0/s1. The zero-order valence-corrected chi connectivity index (χ0v) is 21.5. The minimum Gasteiger partial charge on any atom is -0.311 e. The fourth-order valence-electron chi connectivity index (χ4n) is 5.86. The Morgan fingerprint density at radius 2 is 1.38 bits per heavy atom. The molecule has 2 aromatic rings. The minimum absolute atomic E-state index is 0.511. The fourth-order valence-corrected chi connectivity index (χ4v) is 5.86. The first-order valence-electron chi connectivity index (χ1n) is 13.8. The van der Waals surface area contributed by atoms with Gasteiger partial charge in [-0.2, -0.15) is 0 Å². The molecule has 0 bridgehead atoms. The maximum absolute atomic E-state index is 2.51. The highest BCUT2D eigenvalue weighted by Gasteiger charge is 2.23. The average Bonchev–Trinajstić information content (AvgIpc) is 2.99. The van der Waals surface area contributed by atoms with Crippen molar-refractivity contribution in [1.29, 1.82) is 0 Å². The van der Waals surface area contributed by atoms with Crippen LogP contribution in [0.3, 0.4) is 0 Å². The number of hydrogen-bond acceptors (Lipinski definition) is 1. The van der Waals surface area contributed by atoms with Gasteiger partial charge in [0.2, 0.25) is 0 Å². The third-order valence-electron chi connectivity index (χ3n) is 7.90. The first-order chi connectivity index (χ1) is 18.3. The second-order valence-corrected chi connectivity index (χ2v) is 10.4.